The molecule has 0 fully saturated rings. The Bertz CT molecular complexity index is 559. The maximum Gasteiger partial charge on any atom is 0.156 e. The summed E-state index contributed by atoms with van der Waals surface area (Å²) in [4.78, 5) is 9.73. The maximum absolute atomic E-state index is 5.80. The third-order valence-electron chi connectivity index (χ3n) is 2.91. The number of rotatable bonds is 3. The van der Waals surface area contributed by atoms with Crippen LogP contribution in [0.1, 0.15) is 11.5 Å². The number of nitrogens with two attached hydrogens (primary N) is 1. The molecule has 0 aliphatic carbocycles. The van der Waals surface area contributed by atoms with Crippen molar-refractivity contribution in [2.75, 3.05) is 17.2 Å². The number of hydrogen-bond acceptors (Lipinski definition) is 5. The third-order valence-corrected chi connectivity index (χ3v) is 5.32. The fraction of sp³-hybridized carbons (Fsp3) is 0.231. The number of fused-ring (bicyclic) bond motifs is 1. The first-order valence-corrected chi connectivity index (χ1v) is 7.72. The molecule has 1 aliphatic heterocycles. The molecule has 0 saturated heterocycles. The highest BCUT2D eigenvalue weighted by molar-refractivity contribution is 8.00. The van der Waals surface area contributed by atoms with E-state index in [9.17, 15) is 0 Å². The van der Waals surface area contributed by atoms with Gasteiger partial charge in [-0.3, -0.25) is 0 Å². The SMILES string of the molecule is Nc1nccnc1SCC1CSc2ccccc21. The standard InChI is InChI=1S/C13H13N3S2/c14-12-13(16-6-5-15-12)18-8-9-7-17-11-4-2-1-3-10(9)11/h1-6,9H,7-8H2,(H2,14,15). The van der Waals surface area contributed by atoms with E-state index in [1.54, 1.807) is 24.2 Å². The lowest BCUT2D eigenvalue weighted by Gasteiger charge is -2.10. The minimum Gasteiger partial charge on any atom is -0.381 e. The van der Waals surface area contributed by atoms with Gasteiger partial charge in [-0.25, -0.2) is 9.97 Å². The number of nitrogen functional groups attached to an aromatic ring is 1. The number of anilines is 1. The lowest BCUT2D eigenvalue weighted by atomic mass is 10.0. The van der Waals surface area contributed by atoms with Crippen LogP contribution in [-0.4, -0.2) is 21.5 Å². The summed E-state index contributed by atoms with van der Waals surface area (Å²) >= 11 is 3.63. The van der Waals surface area contributed by atoms with Gasteiger partial charge in [0, 0.05) is 34.7 Å². The predicted octanol–water partition coefficient (Wildman–Crippen LogP) is 3.04. The molecule has 1 unspecified atom stereocenters. The van der Waals surface area contributed by atoms with E-state index in [1.807, 2.05) is 11.8 Å². The lowest BCUT2D eigenvalue weighted by molar-refractivity contribution is 0.893. The van der Waals surface area contributed by atoms with Gasteiger partial charge in [0.05, 0.1) is 0 Å². The molecular weight excluding hydrogens is 262 g/mol. The minimum atomic E-state index is 0.529. The van der Waals surface area contributed by atoms with E-state index in [2.05, 4.69) is 34.2 Å². The van der Waals surface area contributed by atoms with Crippen molar-refractivity contribution in [1.29, 1.82) is 0 Å². The summed E-state index contributed by atoms with van der Waals surface area (Å²) in [5.41, 5.74) is 7.26. The molecule has 1 atom stereocenters. The van der Waals surface area contributed by atoms with Crippen molar-refractivity contribution in [3.8, 4) is 0 Å². The molecule has 0 saturated carbocycles. The van der Waals surface area contributed by atoms with Crippen LogP contribution in [0.2, 0.25) is 0 Å². The topological polar surface area (TPSA) is 51.8 Å². The Morgan fingerprint density at radius 2 is 2.11 bits per heavy atom. The van der Waals surface area contributed by atoms with Gasteiger partial charge in [-0.15, -0.1) is 23.5 Å². The number of aromatic nitrogens is 2. The van der Waals surface area contributed by atoms with Crippen molar-refractivity contribution in [2.24, 2.45) is 0 Å². The molecule has 2 heterocycles. The number of hydrogen-bond donors (Lipinski definition) is 1. The molecule has 3 nitrogen and oxygen atoms in total. The van der Waals surface area contributed by atoms with Crippen molar-refractivity contribution >= 4 is 29.3 Å². The Morgan fingerprint density at radius 1 is 1.28 bits per heavy atom. The molecule has 1 aliphatic rings. The van der Waals surface area contributed by atoms with Gasteiger partial charge < -0.3 is 5.73 Å². The van der Waals surface area contributed by atoms with Crippen molar-refractivity contribution in [3.05, 3.63) is 42.2 Å². The van der Waals surface area contributed by atoms with Gasteiger partial charge in [0.2, 0.25) is 0 Å². The minimum absolute atomic E-state index is 0.529. The van der Waals surface area contributed by atoms with Crippen LogP contribution in [0, 0.1) is 0 Å². The fourth-order valence-corrected chi connectivity index (χ4v) is 4.39. The molecule has 1 aromatic heterocycles. The van der Waals surface area contributed by atoms with E-state index < -0.39 is 0 Å². The molecule has 2 aromatic rings. The smallest absolute Gasteiger partial charge is 0.156 e. The third kappa shape index (κ3) is 2.33. The van der Waals surface area contributed by atoms with Crippen LogP contribution >= 0.6 is 23.5 Å². The quantitative estimate of drug-likeness (QED) is 0.873. The van der Waals surface area contributed by atoms with Gasteiger partial charge >= 0.3 is 0 Å². The Hall–Kier alpha value is -1.20. The molecule has 0 radical (unpaired) electrons. The highest BCUT2D eigenvalue weighted by atomic mass is 32.2. The summed E-state index contributed by atoms with van der Waals surface area (Å²) in [5, 5.41) is 0.840. The van der Waals surface area contributed by atoms with Gasteiger partial charge in [0.15, 0.2) is 5.82 Å². The zero-order chi connectivity index (χ0) is 12.4. The summed E-state index contributed by atoms with van der Waals surface area (Å²) in [5.74, 6) is 3.26. The first kappa shape index (κ1) is 11.9. The molecule has 18 heavy (non-hydrogen) atoms. The summed E-state index contributed by atoms with van der Waals surface area (Å²) in [7, 11) is 0. The Balaban J connectivity index is 1.71. The Kier molecular flexibility index (Phi) is 3.43. The van der Waals surface area contributed by atoms with Crippen LogP contribution in [0.3, 0.4) is 0 Å². The first-order valence-electron chi connectivity index (χ1n) is 5.75. The highest BCUT2D eigenvalue weighted by Crippen LogP contribution is 2.41. The second-order valence-electron chi connectivity index (χ2n) is 4.10. The summed E-state index contributed by atoms with van der Waals surface area (Å²) in [6.45, 7) is 0. The van der Waals surface area contributed by atoms with Crippen LogP contribution in [-0.2, 0) is 0 Å². The van der Waals surface area contributed by atoms with Crippen LogP contribution in [0.25, 0.3) is 0 Å². The van der Waals surface area contributed by atoms with Crippen molar-refractivity contribution in [2.45, 2.75) is 15.8 Å². The van der Waals surface area contributed by atoms with Gasteiger partial charge in [0.1, 0.15) is 5.03 Å². The van der Waals surface area contributed by atoms with E-state index in [4.69, 9.17) is 5.73 Å². The van der Waals surface area contributed by atoms with Crippen molar-refractivity contribution in [3.63, 3.8) is 0 Å². The van der Waals surface area contributed by atoms with Crippen LogP contribution < -0.4 is 5.73 Å². The van der Waals surface area contributed by atoms with Crippen LogP contribution in [0.15, 0.2) is 46.6 Å². The van der Waals surface area contributed by atoms with Gasteiger partial charge in [-0.2, -0.15) is 0 Å². The van der Waals surface area contributed by atoms with Crippen LogP contribution in [0.4, 0.5) is 5.82 Å². The zero-order valence-corrected chi connectivity index (χ0v) is 11.4. The van der Waals surface area contributed by atoms with Crippen molar-refractivity contribution < 1.29 is 0 Å². The lowest BCUT2D eigenvalue weighted by Crippen LogP contribution is -2.02. The molecule has 3 rings (SSSR count). The van der Waals surface area contributed by atoms with Gasteiger partial charge in [-0.1, -0.05) is 18.2 Å². The first-order chi connectivity index (χ1) is 8.84. The maximum atomic E-state index is 5.80. The van der Waals surface area contributed by atoms with E-state index >= 15 is 0 Å². The second-order valence-corrected chi connectivity index (χ2v) is 6.17. The molecule has 0 spiro atoms. The second kappa shape index (κ2) is 5.20. The monoisotopic (exact) mass is 275 g/mol. The van der Waals surface area contributed by atoms with E-state index in [-0.39, 0.29) is 0 Å². The normalized spacial score (nSPS) is 17.7. The van der Waals surface area contributed by atoms with E-state index in [1.165, 1.54) is 10.5 Å². The molecule has 92 valence electrons. The Labute approximate surface area is 115 Å². The number of thioether (sulfide) groups is 2. The van der Waals surface area contributed by atoms with Crippen molar-refractivity contribution in [1.82, 2.24) is 9.97 Å². The van der Waals surface area contributed by atoms with E-state index in [0.29, 0.717) is 11.7 Å². The van der Waals surface area contributed by atoms with E-state index in [0.717, 1.165) is 16.5 Å². The molecule has 2 N–H and O–H groups in total. The molecular formula is C13H13N3S2. The van der Waals surface area contributed by atoms with Gasteiger partial charge in [0.25, 0.3) is 0 Å². The average molecular weight is 275 g/mol. The summed E-state index contributed by atoms with van der Waals surface area (Å²) < 4.78 is 0. The zero-order valence-electron chi connectivity index (χ0n) is 9.74. The average Bonchev–Trinajstić information content (AvgIpc) is 2.81. The Morgan fingerprint density at radius 3 is 3.00 bits per heavy atom. The molecule has 0 bridgehead atoms. The van der Waals surface area contributed by atoms with Crippen LogP contribution in [0.5, 0.6) is 0 Å². The number of nitrogens with zero attached hydrogens (tertiary/aromatic N) is 2. The largest absolute Gasteiger partial charge is 0.381 e. The summed E-state index contributed by atoms with van der Waals surface area (Å²) in [6.07, 6.45) is 3.32. The molecule has 5 heteroatoms. The van der Waals surface area contributed by atoms with Gasteiger partial charge in [-0.05, 0) is 11.6 Å². The predicted molar refractivity (Wildman–Crippen MR) is 77.1 cm³/mol. The number of benzene rings is 1. The molecule has 1 aromatic carbocycles. The molecule has 0 amide bonds. The summed E-state index contributed by atoms with van der Waals surface area (Å²) in [6, 6.07) is 8.63. The fourth-order valence-electron chi connectivity index (χ4n) is 1.99. The highest BCUT2D eigenvalue weighted by Gasteiger charge is 2.23.